The van der Waals surface area contributed by atoms with Crippen LogP contribution in [-0.2, 0) is 37.3 Å². The maximum absolute atomic E-state index is 6.63. The van der Waals surface area contributed by atoms with Crippen molar-refractivity contribution >= 4 is 32.8 Å². The number of hydrogen-bond acceptors (Lipinski definition) is 2. The molecular formula is C52H44N4OPt-2. The van der Waals surface area contributed by atoms with Crippen LogP contribution in [0.3, 0.4) is 0 Å². The van der Waals surface area contributed by atoms with Gasteiger partial charge in [-0.1, -0.05) is 127 Å². The van der Waals surface area contributed by atoms with E-state index in [0.29, 0.717) is 11.5 Å². The summed E-state index contributed by atoms with van der Waals surface area (Å²) in [6.07, 6.45) is 5.66. The fraction of sp³-hybridized carbons (Fsp3) is 0.192. The molecule has 0 amide bonds. The number of fused-ring (bicyclic) bond motifs is 7. The van der Waals surface area contributed by atoms with Crippen molar-refractivity contribution in [1.29, 1.82) is 0 Å². The molecule has 3 aromatic heterocycles. The Kier molecular flexibility index (Phi) is 8.91. The molecule has 0 atom stereocenters. The molecule has 0 bridgehead atoms. The van der Waals surface area contributed by atoms with Crippen LogP contribution in [0.1, 0.15) is 76.3 Å². The summed E-state index contributed by atoms with van der Waals surface area (Å²) in [5, 5.41) is 2.24. The first-order valence-electron chi connectivity index (χ1n) is 19.7. The SMILES string of the molecule is CC(C)(C)c1ccnc(-n2c3[c-]c(Oc4[c-]c(-n5[c-][n+](-c6ccccc6)c6c7c(ccc65)C(C)(C)c5ccccc5C7(C)C)ccc4)ccc3c3ccccc32)c1.[Pt]. The molecule has 58 heavy (non-hydrogen) atoms. The predicted molar refractivity (Wildman–Crippen MR) is 229 cm³/mol. The average Bonchev–Trinajstić information content (AvgIpc) is 3.76. The minimum absolute atomic E-state index is 0. The van der Waals surface area contributed by atoms with E-state index < -0.39 is 0 Å². The zero-order valence-electron chi connectivity index (χ0n) is 33.8. The molecule has 0 aliphatic heterocycles. The Morgan fingerprint density at radius 3 is 2.12 bits per heavy atom. The second-order valence-electron chi connectivity index (χ2n) is 17.4. The third-order valence-corrected chi connectivity index (χ3v) is 12.0. The summed E-state index contributed by atoms with van der Waals surface area (Å²) in [7, 11) is 0. The first kappa shape index (κ1) is 37.8. The Morgan fingerprint density at radius 1 is 0.638 bits per heavy atom. The van der Waals surface area contributed by atoms with Gasteiger partial charge in [-0.05, 0) is 74.6 Å². The van der Waals surface area contributed by atoms with Gasteiger partial charge in [0.05, 0.1) is 16.7 Å². The molecule has 1 aliphatic carbocycles. The van der Waals surface area contributed by atoms with Gasteiger partial charge in [-0.25, -0.2) is 4.98 Å². The molecule has 0 saturated carbocycles. The summed E-state index contributed by atoms with van der Waals surface area (Å²) in [6, 6.07) is 54.2. The number of benzene rings is 6. The molecule has 3 heterocycles. The molecule has 0 spiro atoms. The van der Waals surface area contributed by atoms with Crippen molar-refractivity contribution < 1.29 is 30.4 Å². The van der Waals surface area contributed by atoms with Crippen molar-refractivity contribution in [2.45, 2.75) is 64.7 Å². The van der Waals surface area contributed by atoms with Crippen LogP contribution in [0.2, 0.25) is 0 Å². The van der Waals surface area contributed by atoms with Crippen LogP contribution in [-0.4, -0.2) is 14.1 Å². The van der Waals surface area contributed by atoms with Crippen LogP contribution in [0.5, 0.6) is 11.5 Å². The van der Waals surface area contributed by atoms with E-state index in [-0.39, 0.29) is 37.3 Å². The minimum Gasteiger partial charge on any atom is -0.510 e. The number of rotatable bonds is 5. The van der Waals surface area contributed by atoms with Crippen LogP contribution in [0.25, 0.3) is 50.0 Å². The van der Waals surface area contributed by atoms with Crippen molar-refractivity contribution in [3.63, 3.8) is 0 Å². The van der Waals surface area contributed by atoms with Crippen molar-refractivity contribution in [2.75, 3.05) is 0 Å². The number of aromatic nitrogens is 4. The second kappa shape index (κ2) is 13.7. The van der Waals surface area contributed by atoms with Gasteiger partial charge in [0.1, 0.15) is 5.82 Å². The number of para-hydroxylation sites is 2. The van der Waals surface area contributed by atoms with E-state index in [0.717, 1.165) is 50.0 Å². The first-order chi connectivity index (χ1) is 27.4. The van der Waals surface area contributed by atoms with E-state index in [1.165, 1.54) is 27.8 Å². The minimum atomic E-state index is -0.257. The summed E-state index contributed by atoms with van der Waals surface area (Å²) in [4.78, 5) is 4.85. The normalized spacial score (nSPS) is 14.3. The number of nitrogens with zero attached hydrogens (tertiary/aromatic N) is 4. The Bertz CT molecular complexity index is 3040. The Balaban J connectivity index is 0.00000436. The predicted octanol–water partition coefficient (Wildman–Crippen LogP) is 11.9. The quantitative estimate of drug-likeness (QED) is 0.127. The monoisotopic (exact) mass is 935 g/mol. The van der Waals surface area contributed by atoms with Gasteiger partial charge < -0.3 is 13.9 Å². The summed E-state index contributed by atoms with van der Waals surface area (Å²) in [5.41, 5.74) is 12.2. The molecule has 1 aliphatic rings. The van der Waals surface area contributed by atoms with Gasteiger partial charge in [0, 0.05) is 55.1 Å². The molecule has 290 valence electrons. The van der Waals surface area contributed by atoms with Gasteiger partial charge in [0.2, 0.25) is 0 Å². The standard InChI is InChI=1S/C52H44N4O.Pt/c1-50(2,3)34-28-29-53-47(30-34)56-44-23-14-11-20-39(44)40-25-24-38(32-46(40)56)57-37-19-15-18-36(31-37)54-33-55(35-16-9-8-10-17-35)49-45(54)27-26-43-48(49)52(6,7)42-22-13-12-21-41(42)51(43,4)5;/h8-30H,1-7H3;/q-2;. The molecule has 0 saturated heterocycles. The van der Waals surface area contributed by atoms with Crippen molar-refractivity contribution in [2.24, 2.45) is 0 Å². The summed E-state index contributed by atoms with van der Waals surface area (Å²) >= 11 is 0. The van der Waals surface area contributed by atoms with E-state index in [1.54, 1.807) is 0 Å². The van der Waals surface area contributed by atoms with Crippen LogP contribution in [0, 0.1) is 18.5 Å². The van der Waals surface area contributed by atoms with Gasteiger partial charge in [0.15, 0.2) is 0 Å². The van der Waals surface area contributed by atoms with Crippen molar-refractivity contribution in [3.05, 3.63) is 186 Å². The third-order valence-electron chi connectivity index (χ3n) is 12.0. The number of pyridine rings is 1. The molecule has 0 unspecified atom stereocenters. The fourth-order valence-corrected chi connectivity index (χ4v) is 9.07. The van der Waals surface area contributed by atoms with Crippen molar-refractivity contribution in [1.82, 2.24) is 14.1 Å². The van der Waals surface area contributed by atoms with Crippen LogP contribution >= 0.6 is 0 Å². The molecule has 9 aromatic rings. The largest absolute Gasteiger partial charge is 0.510 e. The third kappa shape index (κ3) is 5.85. The topological polar surface area (TPSA) is 35.9 Å². The van der Waals surface area contributed by atoms with Crippen LogP contribution in [0.15, 0.2) is 140 Å². The molecule has 6 aromatic carbocycles. The smallest absolute Gasteiger partial charge is 0.268 e. The number of imidazole rings is 1. The second-order valence-corrected chi connectivity index (χ2v) is 17.4. The summed E-state index contributed by atoms with van der Waals surface area (Å²) in [5.74, 6) is 2.05. The zero-order chi connectivity index (χ0) is 39.3. The Labute approximate surface area is 354 Å². The van der Waals surface area contributed by atoms with E-state index in [9.17, 15) is 0 Å². The van der Waals surface area contributed by atoms with Gasteiger partial charge in [-0.3, -0.25) is 4.57 Å². The number of hydrogen-bond donors (Lipinski definition) is 0. The average molecular weight is 936 g/mol. The first-order valence-corrected chi connectivity index (χ1v) is 19.7. The molecular weight excluding hydrogens is 892 g/mol. The molecule has 0 fully saturated rings. The van der Waals surface area contributed by atoms with Crippen molar-refractivity contribution in [3.8, 4) is 28.7 Å². The molecule has 10 rings (SSSR count). The van der Waals surface area contributed by atoms with E-state index in [1.807, 2.05) is 24.4 Å². The van der Waals surface area contributed by atoms with E-state index in [2.05, 4.69) is 196 Å². The van der Waals surface area contributed by atoms with Gasteiger partial charge in [-0.2, -0.15) is 18.2 Å². The molecule has 5 nitrogen and oxygen atoms in total. The van der Waals surface area contributed by atoms with Crippen LogP contribution in [0.4, 0.5) is 0 Å². The Morgan fingerprint density at radius 2 is 1.34 bits per heavy atom. The fourth-order valence-electron chi connectivity index (χ4n) is 9.07. The number of ether oxygens (including phenoxy) is 1. The van der Waals surface area contributed by atoms with E-state index in [4.69, 9.17) is 9.72 Å². The van der Waals surface area contributed by atoms with E-state index >= 15 is 0 Å². The Hall–Kier alpha value is -5.77. The molecule has 0 N–H and O–H groups in total. The maximum Gasteiger partial charge on any atom is 0.268 e. The van der Waals surface area contributed by atoms with Gasteiger partial charge >= 0.3 is 0 Å². The zero-order valence-corrected chi connectivity index (χ0v) is 36.1. The molecule has 6 heteroatoms. The molecule has 0 radical (unpaired) electrons. The van der Waals surface area contributed by atoms with Gasteiger partial charge in [0.25, 0.3) is 6.33 Å². The van der Waals surface area contributed by atoms with Gasteiger partial charge in [-0.15, -0.1) is 29.7 Å². The maximum atomic E-state index is 6.63. The summed E-state index contributed by atoms with van der Waals surface area (Å²) < 4.78 is 13.2. The summed E-state index contributed by atoms with van der Waals surface area (Å²) in [6.45, 7) is 16.1. The van der Waals surface area contributed by atoms with Crippen LogP contribution < -0.4 is 9.30 Å².